The monoisotopic (exact) mass is 420 g/mol. The number of nitrogens with zero attached hydrogens (tertiary/aromatic N) is 4. The first kappa shape index (κ1) is 19.7. The van der Waals surface area contributed by atoms with Gasteiger partial charge in [-0.25, -0.2) is 9.67 Å². The smallest absolute Gasteiger partial charge is 0.252 e. The molecule has 9 heteroatoms. The fourth-order valence-corrected chi connectivity index (χ4v) is 3.76. The number of carbonyl (C=O) groups is 2. The second-order valence-corrected chi connectivity index (χ2v) is 7.72. The van der Waals surface area contributed by atoms with Gasteiger partial charge in [-0.2, -0.15) is 5.10 Å². The molecule has 0 saturated carbocycles. The molecule has 8 nitrogen and oxygen atoms in total. The molecule has 0 atom stereocenters. The number of carbonyl (C=O) groups excluding carboxylic acids is 2. The van der Waals surface area contributed by atoms with Crippen LogP contribution in [0, 0.1) is 6.92 Å². The van der Waals surface area contributed by atoms with Crippen LogP contribution in [0.3, 0.4) is 0 Å². The Balaban J connectivity index is 1.41. The van der Waals surface area contributed by atoms with Gasteiger partial charge in [0.2, 0.25) is 0 Å². The van der Waals surface area contributed by atoms with Gasteiger partial charge in [-0.15, -0.1) is 11.3 Å². The normalized spacial score (nSPS) is 10.8. The third-order valence-corrected chi connectivity index (χ3v) is 5.35. The molecule has 0 aliphatic heterocycles. The van der Waals surface area contributed by atoms with Gasteiger partial charge in [-0.05, 0) is 36.6 Å². The Hall–Kier alpha value is -3.59. The van der Waals surface area contributed by atoms with Crippen molar-refractivity contribution in [2.75, 3.05) is 13.1 Å². The molecule has 0 fully saturated rings. The summed E-state index contributed by atoms with van der Waals surface area (Å²) in [6.45, 7) is 3.08. The Morgan fingerprint density at radius 2 is 1.93 bits per heavy atom. The van der Waals surface area contributed by atoms with Crippen molar-refractivity contribution in [2.45, 2.75) is 13.5 Å². The van der Waals surface area contributed by atoms with Crippen LogP contribution in [0.4, 0.5) is 0 Å². The number of rotatable bonds is 7. The van der Waals surface area contributed by atoms with Crippen molar-refractivity contribution in [3.8, 4) is 0 Å². The summed E-state index contributed by atoms with van der Waals surface area (Å²) in [7, 11) is 0. The minimum absolute atomic E-state index is 0.225. The molecule has 4 heterocycles. The average Bonchev–Trinajstić information content (AvgIpc) is 3.41. The molecule has 0 bridgehead atoms. The number of thiophene rings is 1. The van der Waals surface area contributed by atoms with E-state index in [1.807, 2.05) is 24.4 Å². The van der Waals surface area contributed by atoms with Gasteiger partial charge in [0.05, 0.1) is 29.3 Å². The number of hydrogen-bond acceptors (Lipinski definition) is 6. The first-order valence-electron chi connectivity index (χ1n) is 9.44. The van der Waals surface area contributed by atoms with E-state index in [4.69, 9.17) is 0 Å². The van der Waals surface area contributed by atoms with Crippen LogP contribution in [0.2, 0.25) is 0 Å². The van der Waals surface area contributed by atoms with Gasteiger partial charge in [-0.3, -0.25) is 14.6 Å². The number of hydrogen-bond donors (Lipinski definition) is 2. The van der Waals surface area contributed by atoms with Crippen LogP contribution in [-0.2, 0) is 6.54 Å². The van der Waals surface area contributed by atoms with Gasteiger partial charge < -0.3 is 10.6 Å². The fourth-order valence-electron chi connectivity index (χ4n) is 3.07. The van der Waals surface area contributed by atoms with Gasteiger partial charge in [0, 0.05) is 36.1 Å². The summed E-state index contributed by atoms with van der Waals surface area (Å²) in [4.78, 5) is 34.4. The second-order valence-electron chi connectivity index (χ2n) is 6.68. The molecule has 0 spiro atoms. The molecule has 4 rings (SSSR count). The van der Waals surface area contributed by atoms with E-state index < -0.39 is 0 Å². The number of fused-ring (bicyclic) bond motifs is 1. The highest BCUT2D eigenvalue weighted by atomic mass is 32.1. The molecular weight excluding hydrogens is 400 g/mol. The molecular formula is C21H20N6O2S. The van der Waals surface area contributed by atoms with Crippen molar-refractivity contribution >= 4 is 34.2 Å². The quantitative estimate of drug-likeness (QED) is 0.447. The molecule has 4 aromatic rings. The summed E-state index contributed by atoms with van der Waals surface area (Å²) >= 11 is 1.65. The maximum Gasteiger partial charge on any atom is 0.252 e. The maximum absolute atomic E-state index is 12.8. The highest BCUT2D eigenvalue weighted by Gasteiger charge is 2.16. The Labute approximate surface area is 177 Å². The molecule has 0 aliphatic carbocycles. The molecule has 0 aliphatic rings. The molecule has 2 amide bonds. The zero-order valence-electron chi connectivity index (χ0n) is 16.3. The van der Waals surface area contributed by atoms with Crippen LogP contribution in [-0.4, -0.2) is 44.7 Å². The lowest BCUT2D eigenvalue weighted by atomic mass is 10.1. The van der Waals surface area contributed by atoms with Gasteiger partial charge >= 0.3 is 0 Å². The summed E-state index contributed by atoms with van der Waals surface area (Å²) in [5, 5.41) is 12.8. The summed E-state index contributed by atoms with van der Waals surface area (Å²) < 4.78 is 1.80. The van der Waals surface area contributed by atoms with Gasteiger partial charge in [0.25, 0.3) is 11.8 Å². The summed E-state index contributed by atoms with van der Waals surface area (Å²) in [5.41, 5.74) is 2.42. The standard InChI is InChI=1S/C21H20N6O2S/c1-14-10-17(18-12-25-27(19(18)26-14)13-16-5-3-9-30-16)21(29)24-8-7-23-20(28)15-4-2-6-22-11-15/h2-6,9-12H,7-8,13H2,1H3,(H,23,28)(H,24,29). The van der Waals surface area contributed by atoms with Crippen LogP contribution in [0.15, 0.2) is 54.3 Å². The Bertz CT molecular complexity index is 1170. The maximum atomic E-state index is 12.8. The van der Waals surface area contributed by atoms with Crippen LogP contribution in [0.5, 0.6) is 0 Å². The van der Waals surface area contributed by atoms with E-state index in [0.29, 0.717) is 41.8 Å². The van der Waals surface area contributed by atoms with Crippen LogP contribution >= 0.6 is 11.3 Å². The molecule has 152 valence electrons. The van der Waals surface area contributed by atoms with Crippen LogP contribution in [0.1, 0.15) is 31.3 Å². The van der Waals surface area contributed by atoms with Gasteiger partial charge in [-0.1, -0.05) is 6.07 Å². The summed E-state index contributed by atoms with van der Waals surface area (Å²) in [6, 6.07) is 9.18. The van der Waals surface area contributed by atoms with Crippen molar-refractivity contribution in [3.05, 3.63) is 76.0 Å². The van der Waals surface area contributed by atoms with Crippen molar-refractivity contribution < 1.29 is 9.59 Å². The fraction of sp³-hybridized carbons (Fsp3) is 0.190. The van der Waals surface area contributed by atoms with Crippen LogP contribution in [0.25, 0.3) is 11.0 Å². The predicted octanol–water partition coefficient (Wildman–Crippen LogP) is 2.40. The van der Waals surface area contributed by atoms with E-state index in [9.17, 15) is 9.59 Å². The predicted molar refractivity (Wildman–Crippen MR) is 115 cm³/mol. The third-order valence-electron chi connectivity index (χ3n) is 4.49. The van der Waals surface area contributed by atoms with Crippen molar-refractivity contribution in [2.24, 2.45) is 0 Å². The summed E-state index contributed by atoms with van der Waals surface area (Å²) in [5.74, 6) is -0.453. The van der Waals surface area contributed by atoms with Crippen molar-refractivity contribution in [3.63, 3.8) is 0 Å². The molecule has 0 aromatic carbocycles. The molecule has 30 heavy (non-hydrogen) atoms. The van der Waals surface area contributed by atoms with E-state index in [1.54, 1.807) is 46.6 Å². The first-order valence-corrected chi connectivity index (χ1v) is 10.3. The van der Waals surface area contributed by atoms with E-state index in [0.717, 1.165) is 5.69 Å². The molecule has 2 N–H and O–H groups in total. The average molecular weight is 420 g/mol. The number of pyridine rings is 2. The third kappa shape index (κ3) is 4.36. The second kappa shape index (κ2) is 8.83. The molecule has 0 radical (unpaired) electrons. The number of aromatic nitrogens is 4. The van der Waals surface area contributed by atoms with Gasteiger partial charge in [0.15, 0.2) is 5.65 Å². The lowest BCUT2D eigenvalue weighted by molar-refractivity contribution is 0.0928. The lowest BCUT2D eigenvalue weighted by Crippen LogP contribution is -2.34. The van der Waals surface area contributed by atoms with Gasteiger partial charge in [0.1, 0.15) is 0 Å². The van der Waals surface area contributed by atoms with E-state index in [2.05, 4.69) is 25.7 Å². The van der Waals surface area contributed by atoms with Crippen molar-refractivity contribution in [1.29, 1.82) is 0 Å². The minimum atomic E-state index is -0.227. The Morgan fingerprint density at radius 3 is 2.67 bits per heavy atom. The Kier molecular flexibility index (Phi) is 5.80. The number of aryl methyl sites for hydroxylation is 1. The molecule has 4 aromatic heterocycles. The largest absolute Gasteiger partial charge is 0.350 e. The minimum Gasteiger partial charge on any atom is -0.350 e. The summed E-state index contributed by atoms with van der Waals surface area (Å²) in [6.07, 6.45) is 4.78. The van der Waals surface area contributed by atoms with E-state index in [1.165, 1.54) is 11.1 Å². The zero-order chi connectivity index (χ0) is 20.9. The highest BCUT2D eigenvalue weighted by Crippen LogP contribution is 2.20. The van der Waals surface area contributed by atoms with Crippen molar-refractivity contribution in [1.82, 2.24) is 30.4 Å². The number of amides is 2. The lowest BCUT2D eigenvalue weighted by Gasteiger charge is -2.09. The highest BCUT2D eigenvalue weighted by molar-refractivity contribution is 7.09. The SMILES string of the molecule is Cc1cc(C(=O)NCCNC(=O)c2cccnc2)c2cnn(Cc3cccs3)c2n1. The number of nitrogens with one attached hydrogen (secondary N) is 2. The topological polar surface area (TPSA) is 102 Å². The van der Waals surface area contributed by atoms with Crippen LogP contribution < -0.4 is 10.6 Å². The van der Waals surface area contributed by atoms with E-state index >= 15 is 0 Å². The van der Waals surface area contributed by atoms with E-state index in [-0.39, 0.29) is 11.8 Å². The Morgan fingerprint density at radius 1 is 1.10 bits per heavy atom. The zero-order valence-corrected chi connectivity index (χ0v) is 17.1. The first-order chi connectivity index (χ1) is 14.6. The molecule has 0 unspecified atom stereocenters. The molecule has 0 saturated heterocycles.